The number of hydrogen-bond donors (Lipinski definition) is 0. The molecular weight excluding hydrogens is 210 g/mol. The van der Waals surface area contributed by atoms with Gasteiger partial charge in [0, 0.05) is 6.42 Å². The molecule has 1 fully saturated rings. The van der Waals surface area contributed by atoms with E-state index in [2.05, 4.69) is 0 Å². The maximum atomic E-state index is 11.5. The summed E-state index contributed by atoms with van der Waals surface area (Å²) in [5.41, 5.74) is -0.647. The Kier molecular flexibility index (Phi) is 3.53. The van der Waals surface area contributed by atoms with Gasteiger partial charge in [-0.1, -0.05) is 0 Å². The summed E-state index contributed by atoms with van der Waals surface area (Å²) in [5, 5.41) is 8.72. The van der Waals surface area contributed by atoms with Crippen LogP contribution in [0.5, 0.6) is 0 Å². The van der Waals surface area contributed by atoms with Crippen molar-refractivity contribution >= 4 is 11.9 Å². The van der Waals surface area contributed by atoms with Gasteiger partial charge in [0.2, 0.25) is 6.29 Å². The van der Waals surface area contributed by atoms with Crippen LogP contribution >= 0.6 is 0 Å². The number of carbonyl (C=O) groups is 2. The lowest BCUT2D eigenvalue weighted by molar-refractivity contribution is -0.202. The van der Waals surface area contributed by atoms with Gasteiger partial charge in [0.25, 0.3) is 0 Å². The molecule has 1 saturated heterocycles. The predicted molar refractivity (Wildman–Crippen MR) is 53.8 cm³/mol. The molecule has 5 nitrogen and oxygen atoms in total. The van der Waals surface area contributed by atoms with Gasteiger partial charge in [-0.3, -0.25) is 9.59 Å². The number of rotatable bonds is 1. The van der Waals surface area contributed by atoms with Gasteiger partial charge in [0.05, 0.1) is 23.8 Å². The van der Waals surface area contributed by atoms with E-state index in [0.29, 0.717) is 0 Å². The fraction of sp³-hybridized carbons (Fsp3) is 0.727. The number of nitrogens with zero attached hydrogens (tertiary/aromatic N) is 1. The monoisotopic (exact) mass is 225 g/mol. The number of nitriles is 1. The SMILES string of the molecule is CC(C)(C)C(=O)OC1CC(C#N)CC(=O)O1. The van der Waals surface area contributed by atoms with E-state index in [0.717, 1.165) is 0 Å². The largest absolute Gasteiger partial charge is 0.425 e. The zero-order chi connectivity index (χ0) is 12.3. The third kappa shape index (κ3) is 3.23. The molecule has 1 heterocycles. The molecule has 1 rings (SSSR count). The Hall–Kier alpha value is -1.57. The second-order valence-electron chi connectivity index (χ2n) is 4.84. The second-order valence-corrected chi connectivity index (χ2v) is 4.84. The van der Waals surface area contributed by atoms with Gasteiger partial charge in [0.1, 0.15) is 0 Å². The van der Waals surface area contributed by atoms with Gasteiger partial charge in [-0.25, -0.2) is 0 Å². The highest BCUT2D eigenvalue weighted by atomic mass is 16.7. The molecule has 2 atom stereocenters. The van der Waals surface area contributed by atoms with Gasteiger partial charge < -0.3 is 9.47 Å². The van der Waals surface area contributed by atoms with E-state index in [9.17, 15) is 9.59 Å². The molecule has 0 aliphatic carbocycles. The second kappa shape index (κ2) is 4.52. The molecule has 16 heavy (non-hydrogen) atoms. The smallest absolute Gasteiger partial charge is 0.314 e. The summed E-state index contributed by atoms with van der Waals surface area (Å²) in [6.07, 6.45) is -0.595. The summed E-state index contributed by atoms with van der Waals surface area (Å²) >= 11 is 0. The van der Waals surface area contributed by atoms with Crippen LogP contribution in [0.25, 0.3) is 0 Å². The maximum Gasteiger partial charge on any atom is 0.314 e. The molecule has 0 saturated carbocycles. The molecule has 0 N–H and O–H groups in total. The van der Waals surface area contributed by atoms with E-state index in [1.165, 1.54) is 0 Å². The van der Waals surface area contributed by atoms with Crippen LogP contribution < -0.4 is 0 Å². The standard InChI is InChI=1S/C11H15NO4/c1-11(2,3)10(14)16-9-5-7(6-12)4-8(13)15-9/h7,9H,4-5H2,1-3H3. The lowest BCUT2D eigenvalue weighted by Gasteiger charge is -2.27. The molecule has 0 bridgehead atoms. The average molecular weight is 225 g/mol. The van der Waals surface area contributed by atoms with Gasteiger partial charge in [-0.05, 0) is 20.8 Å². The first-order valence-corrected chi connectivity index (χ1v) is 5.13. The van der Waals surface area contributed by atoms with Gasteiger partial charge in [-0.2, -0.15) is 5.26 Å². The van der Waals surface area contributed by atoms with Gasteiger partial charge in [0.15, 0.2) is 0 Å². The van der Waals surface area contributed by atoms with Crippen molar-refractivity contribution in [2.24, 2.45) is 11.3 Å². The van der Waals surface area contributed by atoms with Gasteiger partial charge >= 0.3 is 11.9 Å². The summed E-state index contributed by atoms with van der Waals surface area (Å²) in [6, 6.07) is 1.98. The minimum Gasteiger partial charge on any atom is -0.425 e. The maximum absolute atomic E-state index is 11.5. The van der Waals surface area contributed by atoms with Crippen LogP contribution in [0, 0.1) is 22.7 Å². The summed E-state index contributed by atoms with van der Waals surface area (Å²) in [6.45, 7) is 5.13. The summed E-state index contributed by atoms with van der Waals surface area (Å²) in [5.74, 6) is -1.37. The third-order valence-corrected chi connectivity index (χ3v) is 2.19. The fourth-order valence-electron chi connectivity index (χ4n) is 1.23. The van der Waals surface area contributed by atoms with E-state index in [-0.39, 0.29) is 12.8 Å². The van der Waals surface area contributed by atoms with Crippen molar-refractivity contribution in [2.45, 2.75) is 39.9 Å². The lowest BCUT2D eigenvalue weighted by Crippen LogP contribution is -2.36. The zero-order valence-electron chi connectivity index (χ0n) is 9.65. The molecule has 1 aliphatic rings. The van der Waals surface area contributed by atoms with E-state index < -0.39 is 29.6 Å². The first-order chi connectivity index (χ1) is 7.32. The summed E-state index contributed by atoms with van der Waals surface area (Å²) < 4.78 is 9.88. The molecule has 0 radical (unpaired) electrons. The number of esters is 2. The third-order valence-electron chi connectivity index (χ3n) is 2.19. The summed E-state index contributed by atoms with van der Waals surface area (Å²) in [7, 11) is 0. The molecule has 0 aromatic rings. The van der Waals surface area contributed by atoms with E-state index in [1.807, 2.05) is 6.07 Å². The number of carbonyl (C=O) groups excluding carboxylic acids is 2. The van der Waals surface area contributed by atoms with Crippen molar-refractivity contribution in [2.75, 3.05) is 0 Å². The number of ether oxygens (including phenoxy) is 2. The Labute approximate surface area is 94.3 Å². The molecule has 0 aromatic heterocycles. The quantitative estimate of drug-likeness (QED) is 0.630. The topological polar surface area (TPSA) is 76.4 Å². The van der Waals surface area contributed by atoms with Crippen LogP contribution in [0.15, 0.2) is 0 Å². The fourth-order valence-corrected chi connectivity index (χ4v) is 1.23. The zero-order valence-corrected chi connectivity index (χ0v) is 9.65. The lowest BCUT2D eigenvalue weighted by atomic mass is 9.97. The molecule has 2 unspecified atom stereocenters. The van der Waals surface area contributed by atoms with E-state index in [1.54, 1.807) is 20.8 Å². The minimum atomic E-state index is -0.919. The number of cyclic esters (lactones) is 1. The minimum absolute atomic E-state index is 0.0695. The van der Waals surface area contributed by atoms with Crippen molar-refractivity contribution in [1.82, 2.24) is 0 Å². The molecule has 0 amide bonds. The Morgan fingerprint density at radius 1 is 1.56 bits per heavy atom. The average Bonchev–Trinajstić information content (AvgIpc) is 2.15. The van der Waals surface area contributed by atoms with Crippen molar-refractivity contribution < 1.29 is 19.1 Å². The first-order valence-electron chi connectivity index (χ1n) is 5.13. The molecule has 0 aromatic carbocycles. The molecule has 88 valence electrons. The predicted octanol–water partition coefficient (Wildman–Crippen LogP) is 1.38. The highest BCUT2D eigenvalue weighted by Crippen LogP contribution is 2.24. The van der Waals surface area contributed by atoms with Crippen LogP contribution in [0.2, 0.25) is 0 Å². The van der Waals surface area contributed by atoms with Gasteiger partial charge in [-0.15, -0.1) is 0 Å². The van der Waals surface area contributed by atoms with Crippen molar-refractivity contribution in [3.8, 4) is 6.07 Å². The highest BCUT2D eigenvalue weighted by molar-refractivity contribution is 5.76. The van der Waals surface area contributed by atoms with Crippen molar-refractivity contribution in [3.63, 3.8) is 0 Å². The van der Waals surface area contributed by atoms with Crippen LogP contribution in [-0.4, -0.2) is 18.2 Å². The molecular formula is C11H15NO4. The Morgan fingerprint density at radius 3 is 2.69 bits per heavy atom. The first kappa shape index (κ1) is 12.5. The van der Waals surface area contributed by atoms with Crippen LogP contribution in [0.1, 0.15) is 33.6 Å². The van der Waals surface area contributed by atoms with Crippen LogP contribution in [-0.2, 0) is 19.1 Å². The number of hydrogen-bond acceptors (Lipinski definition) is 5. The normalized spacial score (nSPS) is 25.5. The summed E-state index contributed by atoms with van der Waals surface area (Å²) in [4.78, 5) is 22.6. The Morgan fingerprint density at radius 2 is 2.19 bits per heavy atom. The highest BCUT2D eigenvalue weighted by Gasteiger charge is 2.33. The van der Waals surface area contributed by atoms with Crippen molar-refractivity contribution in [1.29, 1.82) is 5.26 Å². The van der Waals surface area contributed by atoms with E-state index >= 15 is 0 Å². The Balaban J connectivity index is 2.58. The Bertz CT molecular complexity index is 337. The van der Waals surface area contributed by atoms with Crippen LogP contribution in [0.3, 0.4) is 0 Å². The molecule has 0 spiro atoms. The molecule has 1 aliphatic heterocycles. The van der Waals surface area contributed by atoms with Crippen LogP contribution in [0.4, 0.5) is 0 Å². The van der Waals surface area contributed by atoms with Crippen molar-refractivity contribution in [3.05, 3.63) is 0 Å². The molecule has 5 heteroatoms. The van der Waals surface area contributed by atoms with E-state index in [4.69, 9.17) is 14.7 Å².